The molecule has 2 N–H and O–H groups in total. The first-order valence-corrected chi connectivity index (χ1v) is 5.57. The highest BCUT2D eigenvalue weighted by molar-refractivity contribution is 6.47. The van der Waals surface area contributed by atoms with Crippen molar-refractivity contribution in [3.05, 3.63) is 47.4 Å². The van der Waals surface area contributed by atoms with Gasteiger partial charge >= 0.3 is 13.3 Å². The molecule has 0 atom stereocenters. The lowest BCUT2D eigenvalue weighted by molar-refractivity contribution is -0.137. The van der Waals surface area contributed by atoms with Gasteiger partial charge in [-0.15, -0.1) is 0 Å². The Hall–Kier alpha value is -1.27. The van der Waals surface area contributed by atoms with E-state index >= 15 is 0 Å². The predicted octanol–water partition coefficient (Wildman–Crippen LogP) is 2.31. The van der Waals surface area contributed by atoms with Crippen molar-refractivity contribution < 1.29 is 23.2 Å². The first-order valence-electron chi connectivity index (χ1n) is 5.57. The van der Waals surface area contributed by atoms with Crippen LogP contribution >= 0.6 is 0 Å². The van der Waals surface area contributed by atoms with Crippen LogP contribution in [-0.2, 0) is 11.6 Å². The van der Waals surface area contributed by atoms with E-state index in [1.807, 2.05) is 0 Å². The quantitative estimate of drug-likeness (QED) is 0.814. The molecule has 0 bridgehead atoms. The van der Waals surface area contributed by atoms with Crippen molar-refractivity contribution in [3.63, 3.8) is 0 Å². The number of rotatable bonds is 3. The van der Waals surface area contributed by atoms with Gasteiger partial charge in [-0.1, -0.05) is 24.2 Å². The van der Waals surface area contributed by atoms with Gasteiger partial charge in [-0.3, -0.25) is 0 Å². The molecule has 0 heterocycles. The number of halogens is 3. The van der Waals surface area contributed by atoms with Crippen molar-refractivity contribution in [2.75, 3.05) is 0 Å². The van der Waals surface area contributed by atoms with Crippen molar-refractivity contribution in [2.24, 2.45) is 0 Å². The van der Waals surface area contributed by atoms with Gasteiger partial charge in [0.15, 0.2) is 0 Å². The fourth-order valence-electron chi connectivity index (χ4n) is 1.95. The van der Waals surface area contributed by atoms with Gasteiger partial charge in [0, 0.05) is 5.41 Å². The summed E-state index contributed by atoms with van der Waals surface area (Å²) in [5, 5.41) is 17.5. The molecule has 2 nitrogen and oxygen atoms in total. The summed E-state index contributed by atoms with van der Waals surface area (Å²) in [5.41, 5.74) is -0.228. The summed E-state index contributed by atoms with van der Waals surface area (Å²) >= 11 is 0. The Labute approximate surface area is 103 Å². The molecule has 2 rings (SSSR count). The van der Waals surface area contributed by atoms with E-state index in [4.69, 9.17) is 10.0 Å². The molecule has 1 aromatic carbocycles. The van der Waals surface area contributed by atoms with Crippen LogP contribution < -0.4 is 0 Å². The molecular weight excluding hydrogens is 244 g/mol. The van der Waals surface area contributed by atoms with Gasteiger partial charge in [0.05, 0.1) is 5.56 Å². The Balaban J connectivity index is 2.20. The van der Waals surface area contributed by atoms with Crippen LogP contribution in [0.5, 0.6) is 0 Å². The smallest absolute Gasteiger partial charge is 0.424 e. The van der Waals surface area contributed by atoms with Crippen molar-refractivity contribution >= 4 is 7.12 Å². The van der Waals surface area contributed by atoms with Gasteiger partial charge in [0.25, 0.3) is 0 Å². The minimum atomic E-state index is -4.33. The molecule has 96 valence electrons. The number of allylic oxidation sites excluding steroid dienone is 1. The van der Waals surface area contributed by atoms with Crippen LogP contribution in [0, 0.1) is 0 Å². The largest absolute Gasteiger partial charge is 0.480 e. The summed E-state index contributed by atoms with van der Waals surface area (Å²) in [6, 6.07) is 5.01. The third-order valence-corrected chi connectivity index (χ3v) is 3.16. The van der Waals surface area contributed by atoms with E-state index in [1.54, 1.807) is 6.08 Å². The summed E-state index contributed by atoms with van der Waals surface area (Å²) in [5.74, 6) is 1.24. The zero-order valence-corrected chi connectivity index (χ0v) is 9.48. The minimum absolute atomic E-state index is 0.326. The van der Waals surface area contributed by atoms with Gasteiger partial charge < -0.3 is 10.0 Å². The fourth-order valence-corrected chi connectivity index (χ4v) is 1.95. The summed E-state index contributed by atoms with van der Waals surface area (Å²) in [7, 11) is -1.53. The Bertz CT molecular complexity index is 447. The molecule has 1 aliphatic rings. The second kappa shape index (κ2) is 4.44. The van der Waals surface area contributed by atoms with Crippen LogP contribution in [0.2, 0.25) is 0 Å². The molecule has 0 radical (unpaired) electrons. The Kier molecular flexibility index (Phi) is 3.25. The van der Waals surface area contributed by atoms with Gasteiger partial charge in [0.2, 0.25) is 0 Å². The standard InChI is InChI=1S/C12H12BF3O2/c14-12(15,16)10-3-1-9(2-4-10)11(5-6-11)7-8-13(17)18/h1-4,7-8,17-18H,5-6H2/b8-7+. The van der Waals surface area contributed by atoms with E-state index in [-0.39, 0.29) is 5.41 Å². The van der Waals surface area contributed by atoms with E-state index in [0.717, 1.165) is 30.5 Å². The molecule has 18 heavy (non-hydrogen) atoms. The predicted molar refractivity (Wildman–Crippen MR) is 61.7 cm³/mol. The molecule has 1 fully saturated rings. The highest BCUT2D eigenvalue weighted by atomic mass is 19.4. The average molecular weight is 256 g/mol. The van der Waals surface area contributed by atoms with E-state index in [1.165, 1.54) is 18.1 Å². The minimum Gasteiger partial charge on any atom is -0.424 e. The maximum Gasteiger partial charge on any atom is 0.480 e. The summed E-state index contributed by atoms with van der Waals surface area (Å²) in [6.07, 6.45) is -1.06. The third kappa shape index (κ3) is 2.76. The van der Waals surface area contributed by atoms with Crippen molar-refractivity contribution in [2.45, 2.75) is 24.4 Å². The first kappa shape index (κ1) is 13.2. The Morgan fingerprint density at radius 1 is 1.11 bits per heavy atom. The van der Waals surface area contributed by atoms with Crippen molar-refractivity contribution in [3.8, 4) is 0 Å². The SMILES string of the molecule is OB(O)/C=C/C1(c2ccc(C(F)(F)F)cc2)CC1. The average Bonchev–Trinajstić information content (AvgIpc) is 3.06. The number of hydrogen-bond acceptors (Lipinski definition) is 2. The lowest BCUT2D eigenvalue weighted by Crippen LogP contribution is -2.10. The Morgan fingerprint density at radius 2 is 1.67 bits per heavy atom. The van der Waals surface area contributed by atoms with Gasteiger partial charge in [0.1, 0.15) is 0 Å². The highest BCUT2D eigenvalue weighted by Crippen LogP contribution is 2.49. The molecule has 1 aromatic rings. The fraction of sp³-hybridized carbons (Fsp3) is 0.333. The third-order valence-electron chi connectivity index (χ3n) is 3.16. The van der Waals surface area contributed by atoms with Crippen LogP contribution in [0.1, 0.15) is 24.0 Å². The van der Waals surface area contributed by atoms with Crippen LogP contribution in [0.3, 0.4) is 0 Å². The lowest BCUT2D eigenvalue weighted by atomic mass is 9.86. The molecule has 0 saturated heterocycles. The summed E-state index contributed by atoms with van der Waals surface area (Å²) < 4.78 is 37.2. The monoisotopic (exact) mass is 256 g/mol. The van der Waals surface area contributed by atoms with Crippen LogP contribution in [0.25, 0.3) is 0 Å². The van der Waals surface area contributed by atoms with Crippen molar-refractivity contribution in [1.29, 1.82) is 0 Å². The van der Waals surface area contributed by atoms with Crippen molar-refractivity contribution in [1.82, 2.24) is 0 Å². The normalized spacial score (nSPS) is 18.1. The second-order valence-electron chi connectivity index (χ2n) is 4.50. The maximum absolute atomic E-state index is 12.4. The lowest BCUT2D eigenvalue weighted by Gasteiger charge is -2.12. The van der Waals surface area contributed by atoms with Crippen LogP contribution in [0.15, 0.2) is 36.3 Å². The van der Waals surface area contributed by atoms with Gasteiger partial charge in [-0.2, -0.15) is 13.2 Å². The second-order valence-corrected chi connectivity index (χ2v) is 4.50. The summed E-state index contributed by atoms with van der Waals surface area (Å²) in [6.45, 7) is 0. The molecule has 1 saturated carbocycles. The molecule has 0 spiro atoms. The molecule has 1 aliphatic carbocycles. The molecule has 6 heteroatoms. The van der Waals surface area contributed by atoms with Gasteiger partial charge in [-0.05, 0) is 30.5 Å². The molecular formula is C12H12BF3O2. The summed E-state index contributed by atoms with van der Waals surface area (Å²) in [4.78, 5) is 0. The van der Waals surface area contributed by atoms with E-state index < -0.39 is 18.9 Å². The number of alkyl halides is 3. The van der Waals surface area contributed by atoms with E-state index in [9.17, 15) is 13.2 Å². The molecule has 0 aromatic heterocycles. The van der Waals surface area contributed by atoms with Gasteiger partial charge in [-0.25, -0.2) is 0 Å². The zero-order valence-electron chi connectivity index (χ0n) is 9.48. The maximum atomic E-state index is 12.4. The van der Waals surface area contributed by atoms with Crippen LogP contribution in [0.4, 0.5) is 13.2 Å². The number of hydrogen-bond donors (Lipinski definition) is 2. The highest BCUT2D eigenvalue weighted by Gasteiger charge is 2.42. The number of benzene rings is 1. The molecule has 0 aliphatic heterocycles. The first-order chi connectivity index (χ1) is 8.33. The molecule has 0 amide bonds. The zero-order chi connectivity index (χ0) is 13.4. The topological polar surface area (TPSA) is 40.5 Å². The molecule has 0 unspecified atom stereocenters. The van der Waals surface area contributed by atoms with E-state index in [2.05, 4.69) is 0 Å². The van der Waals surface area contributed by atoms with Crippen LogP contribution in [-0.4, -0.2) is 17.2 Å². The van der Waals surface area contributed by atoms with E-state index in [0.29, 0.717) is 0 Å². The Morgan fingerprint density at radius 3 is 2.06 bits per heavy atom.